The number of unbranched alkanes of at least 4 members (excludes halogenated alkanes) is 45. The van der Waals surface area contributed by atoms with Crippen molar-refractivity contribution in [3.63, 3.8) is 0 Å². The van der Waals surface area contributed by atoms with Crippen LogP contribution in [-0.2, 0) is 4.79 Å². The third-order valence-corrected chi connectivity index (χ3v) is 14.1. The van der Waals surface area contributed by atoms with Gasteiger partial charge in [0.05, 0.1) is 18.8 Å². The quantitative estimate of drug-likeness (QED) is 0.0362. The number of aliphatic hydroxyl groups is 3. The Bertz CT molecular complexity index is 909. The first kappa shape index (κ1) is 63.1. The molecule has 5 nitrogen and oxygen atoms in total. The van der Waals surface area contributed by atoms with Crippen LogP contribution in [0.15, 0.2) is 12.2 Å². The molecule has 0 aromatic rings. The molecule has 0 bridgehead atoms. The summed E-state index contributed by atoms with van der Waals surface area (Å²) in [6.07, 6.45) is 68.4. The van der Waals surface area contributed by atoms with Crippen molar-refractivity contribution < 1.29 is 20.1 Å². The molecule has 0 aliphatic heterocycles. The summed E-state index contributed by atoms with van der Waals surface area (Å²) in [6.45, 7) is 4.28. The summed E-state index contributed by atoms with van der Waals surface area (Å²) in [5.74, 6) is -0.464. The third-order valence-electron chi connectivity index (χ3n) is 14.1. The molecule has 382 valence electrons. The lowest BCUT2D eigenvalue weighted by molar-refractivity contribution is -0.131. The predicted octanol–water partition coefficient (Wildman–Crippen LogP) is 18.3. The average molecular weight is 905 g/mol. The molecule has 0 aliphatic carbocycles. The summed E-state index contributed by atoms with van der Waals surface area (Å²) in [7, 11) is 0. The summed E-state index contributed by atoms with van der Waals surface area (Å²) >= 11 is 0. The fourth-order valence-corrected chi connectivity index (χ4v) is 9.54. The number of carbonyl (C=O) groups excluding carboxylic acids is 1. The highest BCUT2D eigenvalue weighted by molar-refractivity contribution is 5.80. The Kier molecular flexibility index (Phi) is 53.9. The molecule has 4 N–H and O–H groups in total. The molecule has 0 aliphatic rings. The zero-order valence-corrected chi connectivity index (χ0v) is 43.7. The number of aliphatic hydroxyl groups excluding tert-OH is 3. The minimum absolute atomic E-state index is 0.309. The van der Waals surface area contributed by atoms with Crippen molar-refractivity contribution >= 4 is 5.91 Å². The second-order valence-corrected chi connectivity index (χ2v) is 20.6. The summed E-state index contributed by atoms with van der Waals surface area (Å²) in [4.78, 5) is 12.6. The number of amides is 1. The van der Waals surface area contributed by atoms with Gasteiger partial charge in [-0.2, -0.15) is 0 Å². The molecule has 0 saturated heterocycles. The zero-order chi connectivity index (χ0) is 46.5. The standard InChI is InChI=1S/C59H117NO4/c1-3-5-7-9-11-13-15-17-19-21-23-25-27-28-29-30-31-32-34-36-38-40-42-44-46-48-50-52-54-58(63)59(64)60-56(55-61)57(62)53-51-49-47-45-43-41-39-37-35-33-26-24-22-20-18-16-14-12-10-8-6-4-2/h28-29,56-58,61-63H,3-27,30-55H2,1-2H3,(H,60,64)/b29-28-. The number of hydrogen-bond donors (Lipinski definition) is 4. The fraction of sp³-hybridized carbons (Fsp3) is 0.949. The molecule has 0 aromatic carbocycles. The Labute approximate surface area is 401 Å². The Balaban J connectivity index is 3.50. The van der Waals surface area contributed by atoms with E-state index in [1.165, 1.54) is 276 Å². The minimum atomic E-state index is -1.07. The number of carbonyl (C=O) groups is 1. The number of nitrogens with one attached hydrogen (secondary N) is 1. The van der Waals surface area contributed by atoms with Gasteiger partial charge in [-0.05, 0) is 38.5 Å². The molecule has 0 saturated carbocycles. The van der Waals surface area contributed by atoms with E-state index in [1.807, 2.05) is 0 Å². The highest BCUT2D eigenvalue weighted by Gasteiger charge is 2.23. The first-order valence-corrected chi connectivity index (χ1v) is 29.5. The Morgan fingerprint density at radius 2 is 0.594 bits per heavy atom. The molecule has 1 amide bonds. The van der Waals surface area contributed by atoms with Gasteiger partial charge in [0.25, 0.3) is 0 Å². The first-order chi connectivity index (χ1) is 31.6. The van der Waals surface area contributed by atoms with Gasteiger partial charge in [0, 0.05) is 0 Å². The molecule has 0 radical (unpaired) electrons. The van der Waals surface area contributed by atoms with E-state index in [9.17, 15) is 20.1 Å². The molecule has 0 heterocycles. The monoisotopic (exact) mass is 904 g/mol. The van der Waals surface area contributed by atoms with E-state index in [1.54, 1.807) is 0 Å². The van der Waals surface area contributed by atoms with Crippen molar-refractivity contribution in [2.24, 2.45) is 0 Å². The Hall–Kier alpha value is -0.910. The van der Waals surface area contributed by atoms with E-state index in [-0.39, 0.29) is 6.61 Å². The highest BCUT2D eigenvalue weighted by atomic mass is 16.3. The lowest BCUT2D eigenvalue weighted by atomic mass is 10.0. The smallest absolute Gasteiger partial charge is 0.249 e. The zero-order valence-electron chi connectivity index (χ0n) is 43.7. The predicted molar refractivity (Wildman–Crippen MR) is 282 cm³/mol. The fourth-order valence-electron chi connectivity index (χ4n) is 9.54. The van der Waals surface area contributed by atoms with E-state index in [0.29, 0.717) is 12.8 Å². The second-order valence-electron chi connectivity index (χ2n) is 20.6. The Morgan fingerprint density at radius 1 is 0.359 bits per heavy atom. The van der Waals surface area contributed by atoms with Crippen molar-refractivity contribution in [3.05, 3.63) is 12.2 Å². The maximum absolute atomic E-state index is 12.6. The van der Waals surface area contributed by atoms with Crippen LogP contribution in [0.1, 0.15) is 335 Å². The molecule has 0 fully saturated rings. The summed E-state index contributed by atoms with van der Waals surface area (Å²) in [5, 5.41) is 33.6. The molecule has 0 spiro atoms. The summed E-state index contributed by atoms with van der Waals surface area (Å²) < 4.78 is 0. The van der Waals surface area contributed by atoms with E-state index in [4.69, 9.17) is 0 Å². The van der Waals surface area contributed by atoms with Gasteiger partial charge in [-0.15, -0.1) is 0 Å². The van der Waals surface area contributed by atoms with Crippen molar-refractivity contribution in [1.29, 1.82) is 0 Å². The van der Waals surface area contributed by atoms with Crippen LogP contribution in [0.4, 0.5) is 0 Å². The average Bonchev–Trinajstić information content (AvgIpc) is 3.30. The van der Waals surface area contributed by atoms with Crippen LogP contribution in [0.25, 0.3) is 0 Å². The third kappa shape index (κ3) is 49.0. The Morgan fingerprint density at radius 3 is 0.859 bits per heavy atom. The van der Waals surface area contributed by atoms with Gasteiger partial charge in [-0.1, -0.05) is 309 Å². The van der Waals surface area contributed by atoms with Gasteiger partial charge in [0.2, 0.25) is 5.91 Å². The number of allylic oxidation sites excluding steroid dienone is 2. The van der Waals surface area contributed by atoms with Gasteiger partial charge >= 0.3 is 0 Å². The first-order valence-electron chi connectivity index (χ1n) is 29.5. The van der Waals surface area contributed by atoms with Crippen LogP contribution in [0, 0.1) is 0 Å². The van der Waals surface area contributed by atoms with Crippen molar-refractivity contribution in [2.75, 3.05) is 6.61 Å². The highest BCUT2D eigenvalue weighted by Crippen LogP contribution is 2.18. The molecule has 0 aromatic heterocycles. The molecule has 3 atom stereocenters. The maximum Gasteiger partial charge on any atom is 0.249 e. The lowest BCUT2D eigenvalue weighted by Crippen LogP contribution is -2.49. The molecule has 64 heavy (non-hydrogen) atoms. The van der Waals surface area contributed by atoms with Crippen LogP contribution >= 0.6 is 0 Å². The SMILES string of the molecule is CCCCCCCCCCCCCC/C=C\CCCCCCCCCCCCCCC(O)C(=O)NC(CO)C(O)CCCCCCCCCCCCCCCCCCCCCCCC. The van der Waals surface area contributed by atoms with Crippen LogP contribution in [0.3, 0.4) is 0 Å². The second kappa shape index (κ2) is 54.7. The van der Waals surface area contributed by atoms with Crippen LogP contribution in [0.5, 0.6) is 0 Å². The topological polar surface area (TPSA) is 89.8 Å². The van der Waals surface area contributed by atoms with Crippen molar-refractivity contribution in [2.45, 2.75) is 353 Å². The number of rotatable bonds is 55. The molecule has 3 unspecified atom stereocenters. The van der Waals surface area contributed by atoms with Gasteiger partial charge in [0.15, 0.2) is 0 Å². The van der Waals surface area contributed by atoms with Gasteiger partial charge in [0.1, 0.15) is 6.10 Å². The number of hydrogen-bond acceptors (Lipinski definition) is 4. The maximum atomic E-state index is 12.6. The molecular weight excluding hydrogens is 787 g/mol. The largest absolute Gasteiger partial charge is 0.394 e. The van der Waals surface area contributed by atoms with Gasteiger partial charge in [-0.3, -0.25) is 4.79 Å². The van der Waals surface area contributed by atoms with E-state index >= 15 is 0 Å². The van der Waals surface area contributed by atoms with Crippen LogP contribution in [0.2, 0.25) is 0 Å². The van der Waals surface area contributed by atoms with E-state index < -0.39 is 24.2 Å². The van der Waals surface area contributed by atoms with E-state index in [0.717, 1.165) is 32.1 Å². The minimum Gasteiger partial charge on any atom is -0.394 e. The normalized spacial score (nSPS) is 13.3. The molecular formula is C59H117NO4. The van der Waals surface area contributed by atoms with Crippen molar-refractivity contribution in [1.82, 2.24) is 5.32 Å². The van der Waals surface area contributed by atoms with Crippen LogP contribution in [-0.4, -0.2) is 46.1 Å². The molecule has 0 rings (SSSR count). The summed E-state index contributed by atoms with van der Waals surface area (Å²) in [6, 6.07) is -0.710. The van der Waals surface area contributed by atoms with Gasteiger partial charge in [-0.25, -0.2) is 0 Å². The van der Waals surface area contributed by atoms with Crippen LogP contribution < -0.4 is 5.32 Å². The molecule has 5 heteroatoms. The van der Waals surface area contributed by atoms with E-state index in [2.05, 4.69) is 31.3 Å². The summed E-state index contributed by atoms with van der Waals surface area (Å²) in [5.41, 5.74) is 0. The van der Waals surface area contributed by atoms with Crippen molar-refractivity contribution in [3.8, 4) is 0 Å². The van der Waals surface area contributed by atoms with Gasteiger partial charge < -0.3 is 20.6 Å². The lowest BCUT2D eigenvalue weighted by Gasteiger charge is -2.23.